The van der Waals surface area contributed by atoms with Crippen molar-refractivity contribution in [2.75, 3.05) is 0 Å². The van der Waals surface area contributed by atoms with Crippen LogP contribution in [0, 0.1) is 0 Å². The summed E-state index contributed by atoms with van der Waals surface area (Å²) in [4.78, 5) is 0. The standard InChI is InChI=1S/C19H12Cl4O5S/c20-11-3-6-13(15(22)9-11)19(29(26,27)28,10-1-4-12(24)5-2-10)17-16(25)8-7-14(21)18(17)23/h1-9,24-25H,(H,26,27,28). The highest BCUT2D eigenvalue weighted by atomic mass is 35.5. The van der Waals surface area contributed by atoms with Crippen LogP contribution in [0.4, 0.5) is 0 Å². The summed E-state index contributed by atoms with van der Waals surface area (Å²) in [7, 11) is -5.11. The van der Waals surface area contributed by atoms with Crippen LogP contribution in [0.1, 0.15) is 16.7 Å². The van der Waals surface area contributed by atoms with Gasteiger partial charge in [0.25, 0.3) is 10.1 Å². The van der Waals surface area contributed by atoms with E-state index >= 15 is 0 Å². The smallest absolute Gasteiger partial charge is 0.283 e. The normalized spacial score (nSPS) is 13.8. The maximum absolute atomic E-state index is 13.0. The Morgan fingerprint density at radius 1 is 0.793 bits per heavy atom. The molecule has 0 amide bonds. The Morgan fingerprint density at radius 2 is 1.41 bits per heavy atom. The van der Waals surface area contributed by atoms with Crippen molar-refractivity contribution < 1.29 is 23.2 Å². The Kier molecular flexibility index (Phi) is 5.98. The lowest BCUT2D eigenvalue weighted by Gasteiger charge is -2.34. The van der Waals surface area contributed by atoms with Crippen LogP contribution < -0.4 is 0 Å². The lowest BCUT2D eigenvalue weighted by molar-refractivity contribution is 0.440. The van der Waals surface area contributed by atoms with Crippen molar-refractivity contribution in [2.24, 2.45) is 0 Å². The van der Waals surface area contributed by atoms with Crippen LogP contribution in [0.25, 0.3) is 0 Å². The van der Waals surface area contributed by atoms with Crippen molar-refractivity contribution >= 4 is 56.5 Å². The summed E-state index contributed by atoms with van der Waals surface area (Å²) in [5, 5.41) is 20.0. The quantitative estimate of drug-likeness (QED) is 0.311. The molecular formula is C19H12Cl4O5S. The number of phenols is 2. The topological polar surface area (TPSA) is 94.8 Å². The van der Waals surface area contributed by atoms with Crippen LogP contribution in [-0.4, -0.2) is 23.2 Å². The largest absolute Gasteiger partial charge is 0.508 e. The molecule has 5 nitrogen and oxygen atoms in total. The predicted molar refractivity (Wildman–Crippen MR) is 114 cm³/mol. The molecule has 0 aliphatic carbocycles. The zero-order valence-electron chi connectivity index (χ0n) is 14.3. The maximum atomic E-state index is 13.0. The van der Waals surface area contributed by atoms with E-state index in [1.807, 2.05) is 0 Å². The van der Waals surface area contributed by atoms with E-state index < -0.39 is 26.2 Å². The molecule has 1 atom stereocenters. The molecule has 0 saturated heterocycles. The van der Waals surface area contributed by atoms with Crippen molar-refractivity contribution in [3.63, 3.8) is 0 Å². The van der Waals surface area contributed by atoms with Crippen LogP contribution in [0.2, 0.25) is 20.1 Å². The fourth-order valence-electron chi connectivity index (χ4n) is 3.20. The molecule has 0 heterocycles. The second kappa shape index (κ2) is 7.87. The summed E-state index contributed by atoms with van der Waals surface area (Å²) >= 11 is 24.7. The minimum Gasteiger partial charge on any atom is -0.508 e. The highest BCUT2D eigenvalue weighted by Crippen LogP contribution is 2.53. The van der Waals surface area contributed by atoms with Gasteiger partial charge >= 0.3 is 0 Å². The summed E-state index contributed by atoms with van der Waals surface area (Å²) in [6.07, 6.45) is 0. The zero-order chi connectivity index (χ0) is 21.6. The molecule has 0 aliphatic heterocycles. The van der Waals surface area contributed by atoms with E-state index in [-0.39, 0.29) is 37.0 Å². The Labute approximate surface area is 186 Å². The highest BCUT2D eigenvalue weighted by molar-refractivity contribution is 7.87. The van der Waals surface area contributed by atoms with Crippen molar-refractivity contribution in [1.82, 2.24) is 0 Å². The van der Waals surface area contributed by atoms with Gasteiger partial charge in [-0.25, -0.2) is 0 Å². The Bertz CT molecular complexity index is 1200. The van der Waals surface area contributed by atoms with Gasteiger partial charge in [0.2, 0.25) is 0 Å². The van der Waals surface area contributed by atoms with E-state index in [4.69, 9.17) is 46.4 Å². The van der Waals surface area contributed by atoms with Crippen LogP contribution in [0.3, 0.4) is 0 Å². The summed E-state index contributed by atoms with van der Waals surface area (Å²) < 4.78 is 34.0. The molecule has 0 spiro atoms. The molecule has 1 unspecified atom stereocenters. The second-order valence-electron chi connectivity index (χ2n) is 6.08. The van der Waals surface area contributed by atoms with Gasteiger partial charge in [-0.05, 0) is 42.0 Å². The summed E-state index contributed by atoms with van der Waals surface area (Å²) in [5.74, 6) is -0.697. The molecule has 0 bridgehead atoms. The minimum absolute atomic E-state index is 0.0542. The van der Waals surface area contributed by atoms with Crippen molar-refractivity contribution in [1.29, 1.82) is 0 Å². The second-order valence-corrected chi connectivity index (χ2v) is 9.27. The average Bonchev–Trinajstić information content (AvgIpc) is 2.63. The van der Waals surface area contributed by atoms with Crippen LogP contribution in [0.15, 0.2) is 54.6 Å². The van der Waals surface area contributed by atoms with E-state index in [1.165, 1.54) is 48.5 Å². The number of rotatable bonds is 4. The molecule has 10 heteroatoms. The van der Waals surface area contributed by atoms with Crippen molar-refractivity contribution in [3.05, 3.63) is 91.4 Å². The van der Waals surface area contributed by atoms with Gasteiger partial charge in [0, 0.05) is 21.2 Å². The molecule has 0 aromatic heterocycles. The molecule has 3 N–H and O–H groups in total. The third-order valence-corrected chi connectivity index (χ3v) is 7.18. The summed E-state index contributed by atoms with van der Waals surface area (Å²) in [6.45, 7) is 0. The third kappa shape index (κ3) is 3.65. The van der Waals surface area contributed by atoms with Gasteiger partial charge in [0.05, 0.1) is 10.0 Å². The minimum atomic E-state index is -5.11. The van der Waals surface area contributed by atoms with Gasteiger partial charge in [-0.1, -0.05) is 64.6 Å². The molecule has 0 radical (unpaired) electrons. The number of phenolic OH excluding ortho intramolecular Hbond substituents is 2. The van der Waals surface area contributed by atoms with E-state index in [1.54, 1.807) is 0 Å². The molecular weight excluding hydrogens is 482 g/mol. The van der Waals surface area contributed by atoms with Gasteiger partial charge in [-0.15, -0.1) is 0 Å². The predicted octanol–water partition coefficient (Wildman–Crippen LogP) is 5.89. The Morgan fingerprint density at radius 3 is 1.97 bits per heavy atom. The van der Waals surface area contributed by atoms with Crippen LogP contribution in [-0.2, 0) is 14.9 Å². The van der Waals surface area contributed by atoms with E-state index in [0.29, 0.717) is 0 Å². The molecule has 3 aromatic carbocycles. The summed E-state index contributed by atoms with van der Waals surface area (Å²) in [5.41, 5.74) is -0.582. The molecule has 29 heavy (non-hydrogen) atoms. The van der Waals surface area contributed by atoms with E-state index in [0.717, 1.165) is 6.07 Å². The van der Waals surface area contributed by atoms with Gasteiger partial charge < -0.3 is 10.2 Å². The first-order valence-electron chi connectivity index (χ1n) is 7.89. The molecule has 3 rings (SSSR count). The third-order valence-electron chi connectivity index (χ3n) is 4.40. The Hall–Kier alpha value is -1.67. The highest BCUT2D eigenvalue weighted by Gasteiger charge is 2.52. The lowest BCUT2D eigenvalue weighted by Crippen LogP contribution is -2.39. The lowest BCUT2D eigenvalue weighted by atomic mass is 9.83. The first kappa shape index (κ1) is 22.0. The van der Waals surface area contributed by atoms with Gasteiger partial charge in [0.1, 0.15) is 11.5 Å². The molecule has 0 saturated carbocycles. The Balaban J connectivity index is 2.63. The fraction of sp³-hybridized carbons (Fsp3) is 0.0526. The number of hydrogen-bond donors (Lipinski definition) is 3. The van der Waals surface area contributed by atoms with Crippen LogP contribution in [0.5, 0.6) is 11.5 Å². The van der Waals surface area contributed by atoms with Crippen LogP contribution >= 0.6 is 46.4 Å². The zero-order valence-corrected chi connectivity index (χ0v) is 18.1. The number of benzene rings is 3. The molecule has 0 fully saturated rings. The number of aromatic hydroxyl groups is 2. The first-order valence-corrected chi connectivity index (χ1v) is 10.8. The number of hydrogen-bond acceptors (Lipinski definition) is 4. The number of halogens is 4. The van der Waals surface area contributed by atoms with E-state index in [2.05, 4.69) is 0 Å². The SMILES string of the molecule is O=S(=O)(O)C(c1ccc(O)cc1)(c1ccc(Cl)cc1Cl)c1c(O)ccc(Cl)c1Cl. The molecule has 0 aliphatic rings. The van der Waals surface area contributed by atoms with Gasteiger partial charge in [-0.3, -0.25) is 4.55 Å². The first-order chi connectivity index (χ1) is 13.5. The summed E-state index contributed by atoms with van der Waals surface area (Å²) in [6, 6.07) is 11.3. The average molecular weight is 494 g/mol. The van der Waals surface area contributed by atoms with Gasteiger partial charge in [0.15, 0.2) is 4.75 Å². The van der Waals surface area contributed by atoms with E-state index in [9.17, 15) is 23.2 Å². The van der Waals surface area contributed by atoms with Gasteiger partial charge in [-0.2, -0.15) is 8.42 Å². The van der Waals surface area contributed by atoms with Crippen molar-refractivity contribution in [2.45, 2.75) is 4.75 Å². The molecule has 152 valence electrons. The molecule has 3 aromatic rings. The van der Waals surface area contributed by atoms with Crippen molar-refractivity contribution in [3.8, 4) is 11.5 Å². The maximum Gasteiger partial charge on any atom is 0.283 e. The monoisotopic (exact) mass is 492 g/mol. The fourth-order valence-corrected chi connectivity index (χ4v) is 5.67.